The largest absolute Gasteiger partial charge is 0.416 e. The molecule has 66 heavy (non-hydrogen) atoms. The Morgan fingerprint density at radius 1 is 0.348 bits per heavy atom. The molecule has 9 aromatic carbocycles. The van der Waals surface area contributed by atoms with Gasteiger partial charge in [-0.05, 0) is 130 Å². The van der Waals surface area contributed by atoms with Gasteiger partial charge in [-0.2, -0.15) is 26.3 Å². The molecule has 2 aliphatic heterocycles. The molecule has 3 heterocycles. The number of alkyl halides is 6. The first-order valence-corrected chi connectivity index (χ1v) is 21.5. The molecule has 2 aliphatic rings. The average Bonchev–Trinajstić information content (AvgIpc) is 3.67. The molecule has 0 saturated carbocycles. The van der Waals surface area contributed by atoms with Crippen LogP contribution in [0.5, 0.6) is 0 Å². The highest BCUT2D eigenvalue weighted by Gasteiger charge is 2.43. The first-order valence-electron chi connectivity index (χ1n) is 21.5. The maximum Gasteiger partial charge on any atom is 0.416 e. The molecule has 0 unspecified atom stereocenters. The van der Waals surface area contributed by atoms with E-state index >= 15 is 0 Å². The second kappa shape index (κ2) is 14.8. The van der Waals surface area contributed by atoms with Gasteiger partial charge in [-0.15, -0.1) is 0 Å². The minimum absolute atomic E-state index is 0.0175. The van der Waals surface area contributed by atoms with Gasteiger partial charge in [-0.3, -0.25) is 0 Å². The van der Waals surface area contributed by atoms with E-state index in [1.807, 2.05) is 77.4 Å². The monoisotopic (exact) mass is 873 g/mol. The molecule has 0 bridgehead atoms. The van der Waals surface area contributed by atoms with Crippen LogP contribution in [0.1, 0.15) is 11.1 Å². The summed E-state index contributed by atoms with van der Waals surface area (Å²) in [5.74, 6) is 0. The summed E-state index contributed by atoms with van der Waals surface area (Å²) in [5, 5.41) is 1.67. The third-order valence-electron chi connectivity index (χ3n) is 13.0. The smallest absolute Gasteiger partial charge is 0.311 e. The maximum atomic E-state index is 14.3. The van der Waals surface area contributed by atoms with Gasteiger partial charge in [0.25, 0.3) is 6.71 Å². The van der Waals surface area contributed by atoms with Crippen molar-refractivity contribution < 1.29 is 26.3 Å². The van der Waals surface area contributed by atoms with Gasteiger partial charge < -0.3 is 14.4 Å². The van der Waals surface area contributed by atoms with E-state index in [1.54, 1.807) is 0 Å². The normalized spacial score (nSPS) is 13.2. The lowest BCUT2D eigenvalue weighted by atomic mass is 9.33. The van der Waals surface area contributed by atoms with Crippen molar-refractivity contribution in [1.82, 2.24) is 4.57 Å². The lowest BCUT2D eigenvalue weighted by molar-refractivity contribution is -0.138. The first kappa shape index (κ1) is 39.6. The standard InChI is InChI=1S/C56H34BF6N3/c58-55(59,60)38-15-13-14-36(30-38)43-34-39(56(61,62)63)27-29-48(43)66-47-23-10-7-20-42(47)44-31-35(26-28-49(44)66)37-32-52-54-53(33-37)65(41-18-5-2-6-19-41)51-25-12-9-22-46(51)57(54)45-21-8-11-24-50(45)64(52)40-16-3-1-4-17-40/h1-34H. The van der Waals surface area contributed by atoms with Gasteiger partial charge in [0.15, 0.2) is 0 Å². The molecule has 10 heteroatoms. The predicted molar refractivity (Wildman–Crippen MR) is 256 cm³/mol. The number of fused-ring (bicyclic) bond motifs is 7. The molecule has 318 valence electrons. The Hall–Kier alpha value is -7.98. The van der Waals surface area contributed by atoms with Crippen molar-refractivity contribution in [2.24, 2.45) is 0 Å². The second-order valence-corrected chi connectivity index (χ2v) is 16.7. The fraction of sp³-hybridized carbons (Fsp3) is 0.0357. The Morgan fingerprint density at radius 3 is 1.52 bits per heavy atom. The van der Waals surface area contributed by atoms with Crippen molar-refractivity contribution in [2.45, 2.75) is 12.4 Å². The molecule has 0 N–H and O–H groups in total. The minimum atomic E-state index is -4.73. The topological polar surface area (TPSA) is 11.4 Å². The van der Waals surface area contributed by atoms with Gasteiger partial charge in [0.1, 0.15) is 0 Å². The number of para-hydroxylation sites is 5. The molecule has 0 radical (unpaired) electrons. The summed E-state index contributed by atoms with van der Waals surface area (Å²) < 4.78 is 86.9. The number of rotatable bonds is 5. The van der Waals surface area contributed by atoms with Crippen LogP contribution in [0.15, 0.2) is 206 Å². The fourth-order valence-electron chi connectivity index (χ4n) is 10.2. The third-order valence-corrected chi connectivity index (χ3v) is 13.0. The highest BCUT2D eigenvalue weighted by Crippen LogP contribution is 2.47. The van der Waals surface area contributed by atoms with E-state index < -0.39 is 23.5 Å². The lowest BCUT2D eigenvalue weighted by Gasteiger charge is -2.44. The molecule has 12 rings (SSSR count). The third kappa shape index (κ3) is 6.23. The molecular formula is C56H34BF6N3. The average molecular weight is 874 g/mol. The summed E-state index contributed by atoms with van der Waals surface area (Å²) in [6, 6.07) is 63.9. The van der Waals surface area contributed by atoms with Crippen molar-refractivity contribution in [2.75, 3.05) is 9.80 Å². The number of nitrogens with zero attached hydrogens (tertiary/aromatic N) is 3. The molecule has 0 aliphatic carbocycles. The Morgan fingerprint density at radius 2 is 0.894 bits per heavy atom. The minimum Gasteiger partial charge on any atom is -0.311 e. The number of anilines is 6. The summed E-state index contributed by atoms with van der Waals surface area (Å²) >= 11 is 0. The molecule has 0 fully saturated rings. The molecule has 0 atom stereocenters. The van der Waals surface area contributed by atoms with Gasteiger partial charge in [0.05, 0.1) is 27.8 Å². The van der Waals surface area contributed by atoms with Gasteiger partial charge in [-0.25, -0.2) is 0 Å². The Labute approximate surface area is 376 Å². The van der Waals surface area contributed by atoms with E-state index in [9.17, 15) is 26.3 Å². The van der Waals surface area contributed by atoms with Crippen LogP contribution < -0.4 is 26.2 Å². The van der Waals surface area contributed by atoms with Crippen LogP contribution in [0.3, 0.4) is 0 Å². The van der Waals surface area contributed by atoms with Gasteiger partial charge in [0, 0.05) is 50.5 Å². The van der Waals surface area contributed by atoms with E-state index in [0.29, 0.717) is 16.7 Å². The Bertz CT molecular complexity index is 3430. The highest BCUT2D eigenvalue weighted by atomic mass is 19.4. The Balaban J connectivity index is 1.11. The van der Waals surface area contributed by atoms with Gasteiger partial charge >= 0.3 is 12.4 Å². The van der Waals surface area contributed by atoms with Crippen LogP contribution in [0.25, 0.3) is 49.7 Å². The van der Waals surface area contributed by atoms with Gasteiger partial charge in [-0.1, -0.05) is 109 Å². The van der Waals surface area contributed by atoms with Crippen LogP contribution in [0.4, 0.5) is 60.5 Å². The zero-order valence-electron chi connectivity index (χ0n) is 34.8. The van der Waals surface area contributed by atoms with E-state index in [1.165, 1.54) is 34.6 Å². The lowest BCUT2D eigenvalue weighted by Crippen LogP contribution is -2.61. The van der Waals surface area contributed by atoms with E-state index in [0.717, 1.165) is 80.3 Å². The van der Waals surface area contributed by atoms with Crippen molar-refractivity contribution >= 4 is 79.0 Å². The molecule has 0 amide bonds. The van der Waals surface area contributed by atoms with Crippen LogP contribution in [-0.2, 0) is 12.4 Å². The number of hydrogen-bond donors (Lipinski definition) is 0. The predicted octanol–water partition coefficient (Wildman–Crippen LogP) is 14.2. The number of aromatic nitrogens is 1. The number of benzene rings is 9. The van der Waals surface area contributed by atoms with Gasteiger partial charge in [0.2, 0.25) is 0 Å². The quantitative estimate of drug-likeness (QED) is 0.126. The molecular weight excluding hydrogens is 839 g/mol. The second-order valence-electron chi connectivity index (χ2n) is 16.7. The summed E-state index contributed by atoms with van der Waals surface area (Å²) in [7, 11) is 0. The van der Waals surface area contributed by atoms with E-state index in [2.05, 4.69) is 101 Å². The zero-order valence-corrected chi connectivity index (χ0v) is 34.8. The molecule has 1 aromatic heterocycles. The van der Waals surface area contributed by atoms with E-state index in [-0.39, 0.29) is 17.8 Å². The summed E-state index contributed by atoms with van der Waals surface area (Å²) in [6.45, 7) is -0.0633. The Kier molecular flexibility index (Phi) is 8.87. The summed E-state index contributed by atoms with van der Waals surface area (Å²) in [4.78, 5) is 4.69. The SMILES string of the molecule is FC(F)(F)c1cccc(-c2cc(C(F)(F)F)ccc2-n2c3ccccc3c3cc(-c4cc5c6c(c4)N(c4ccccc4)c4ccccc4B6c4ccccc4N5c4ccccc4)ccc32)c1. The fourth-order valence-corrected chi connectivity index (χ4v) is 10.2. The maximum absolute atomic E-state index is 14.3. The van der Waals surface area contributed by atoms with Crippen LogP contribution in [-0.4, -0.2) is 11.3 Å². The van der Waals surface area contributed by atoms with E-state index in [4.69, 9.17) is 0 Å². The molecule has 0 spiro atoms. The molecule has 0 saturated heterocycles. The van der Waals surface area contributed by atoms with Crippen LogP contribution in [0, 0.1) is 0 Å². The summed E-state index contributed by atoms with van der Waals surface area (Å²) in [6.07, 6.45) is -9.42. The van der Waals surface area contributed by atoms with Crippen molar-refractivity contribution in [3.8, 4) is 27.9 Å². The first-order chi connectivity index (χ1) is 32.0. The zero-order chi connectivity index (χ0) is 44.9. The van der Waals surface area contributed by atoms with Crippen LogP contribution in [0.2, 0.25) is 0 Å². The molecule has 10 aromatic rings. The summed E-state index contributed by atoms with van der Waals surface area (Å²) in [5.41, 5.74) is 11.5. The van der Waals surface area contributed by atoms with Crippen molar-refractivity contribution in [3.63, 3.8) is 0 Å². The number of halogens is 6. The highest BCUT2D eigenvalue weighted by molar-refractivity contribution is 7.00. The van der Waals surface area contributed by atoms with Crippen LogP contribution >= 0.6 is 0 Å². The van der Waals surface area contributed by atoms with Crippen molar-refractivity contribution in [3.05, 3.63) is 217 Å². The number of hydrogen-bond acceptors (Lipinski definition) is 2. The van der Waals surface area contributed by atoms with Crippen molar-refractivity contribution in [1.29, 1.82) is 0 Å². The molecule has 3 nitrogen and oxygen atoms in total.